The molecule has 18 heavy (non-hydrogen) atoms. The molecule has 0 aliphatic carbocycles. The van der Waals surface area contributed by atoms with Gasteiger partial charge in [-0.3, -0.25) is 4.90 Å². The Hall–Kier alpha value is -0.450. The van der Waals surface area contributed by atoms with Crippen molar-refractivity contribution in [2.75, 3.05) is 19.7 Å². The van der Waals surface area contributed by atoms with Gasteiger partial charge in [0.1, 0.15) is 0 Å². The second-order valence-corrected chi connectivity index (χ2v) is 6.88. The standard InChI is InChI=1S/C14H26N2OS/c1-5-13-15-12(10-18-13)9-16(7-6-8-17)11-14(2,3)4/h10,17H,5-9,11H2,1-4H3. The van der Waals surface area contributed by atoms with E-state index in [0.29, 0.717) is 0 Å². The van der Waals surface area contributed by atoms with E-state index in [2.05, 4.69) is 43.0 Å². The second kappa shape index (κ2) is 7.22. The molecule has 1 heterocycles. The van der Waals surface area contributed by atoms with Crippen molar-refractivity contribution >= 4 is 11.3 Å². The molecule has 4 heteroatoms. The van der Waals surface area contributed by atoms with E-state index < -0.39 is 0 Å². The van der Waals surface area contributed by atoms with Gasteiger partial charge in [0, 0.05) is 31.6 Å². The summed E-state index contributed by atoms with van der Waals surface area (Å²) in [4.78, 5) is 7.01. The molecule has 1 aromatic rings. The van der Waals surface area contributed by atoms with E-state index >= 15 is 0 Å². The minimum Gasteiger partial charge on any atom is -0.396 e. The van der Waals surface area contributed by atoms with Gasteiger partial charge < -0.3 is 5.11 Å². The summed E-state index contributed by atoms with van der Waals surface area (Å²) in [5.74, 6) is 0. The van der Waals surface area contributed by atoms with Crippen molar-refractivity contribution in [3.8, 4) is 0 Å². The first kappa shape index (κ1) is 15.6. The van der Waals surface area contributed by atoms with Gasteiger partial charge in [-0.15, -0.1) is 11.3 Å². The van der Waals surface area contributed by atoms with Crippen molar-refractivity contribution in [1.82, 2.24) is 9.88 Å². The van der Waals surface area contributed by atoms with Crippen molar-refractivity contribution in [2.45, 2.75) is 47.1 Å². The maximum Gasteiger partial charge on any atom is 0.0926 e. The van der Waals surface area contributed by atoms with Crippen molar-refractivity contribution < 1.29 is 5.11 Å². The summed E-state index contributed by atoms with van der Waals surface area (Å²) in [6.45, 7) is 12.0. The lowest BCUT2D eigenvalue weighted by molar-refractivity contribution is 0.164. The number of thiazole rings is 1. The lowest BCUT2D eigenvalue weighted by Crippen LogP contribution is -2.33. The molecule has 0 radical (unpaired) electrons. The molecule has 1 rings (SSSR count). The minimum absolute atomic E-state index is 0.262. The Balaban J connectivity index is 2.59. The molecule has 0 aliphatic rings. The molecule has 3 nitrogen and oxygen atoms in total. The van der Waals surface area contributed by atoms with Crippen LogP contribution in [0.1, 0.15) is 44.8 Å². The highest BCUT2D eigenvalue weighted by Gasteiger charge is 2.17. The first-order valence-electron chi connectivity index (χ1n) is 6.71. The molecule has 0 aromatic carbocycles. The fourth-order valence-electron chi connectivity index (χ4n) is 1.99. The third-order valence-corrected chi connectivity index (χ3v) is 3.66. The largest absolute Gasteiger partial charge is 0.396 e. The van der Waals surface area contributed by atoms with Crippen LogP contribution in [0, 0.1) is 5.41 Å². The maximum absolute atomic E-state index is 8.98. The first-order valence-corrected chi connectivity index (χ1v) is 7.59. The van der Waals surface area contributed by atoms with E-state index in [1.165, 1.54) is 10.7 Å². The Morgan fingerprint density at radius 2 is 2.11 bits per heavy atom. The molecule has 0 fully saturated rings. The quantitative estimate of drug-likeness (QED) is 0.827. The van der Waals surface area contributed by atoms with Crippen LogP contribution in [-0.4, -0.2) is 34.7 Å². The van der Waals surface area contributed by atoms with E-state index in [1.54, 1.807) is 11.3 Å². The highest BCUT2D eigenvalue weighted by molar-refractivity contribution is 7.09. The van der Waals surface area contributed by atoms with E-state index in [1.807, 2.05) is 0 Å². The minimum atomic E-state index is 0.262. The summed E-state index contributed by atoms with van der Waals surface area (Å²) in [5, 5.41) is 12.4. The topological polar surface area (TPSA) is 36.4 Å². The van der Waals surface area contributed by atoms with E-state index in [9.17, 15) is 0 Å². The zero-order valence-electron chi connectivity index (χ0n) is 12.1. The fraction of sp³-hybridized carbons (Fsp3) is 0.786. The number of aliphatic hydroxyl groups excluding tert-OH is 1. The van der Waals surface area contributed by atoms with Crippen LogP contribution in [0.15, 0.2) is 5.38 Å². The van der Waals surface area contributed by atoms with Gasteiger partial charge in [-0.2, -0.15) is 0 Å². The van der Waals surface area contributed by atoms with Crippen LogP contribution in [0.25, 0.3) is 0 Å². The molecule has 0 aliphatic heterocycles. The maximum atomic E-state index is 8.98. The summed E-state index contributed by atoms with van der Waals surface area (Å²) < 4.78 is 0. The lowest BCUT2D eigenvalue weighted by Gasteiger charge is -2.29. The van der Waals surface area contributed by atoms with Gasteiger partial charge in [-0.25, -0.2) is 4.98 Å². The predicted molar refractivity (Wildman–Crippen MR) is 77.9 cm³/mol. The number of rotatable bonds is 7. The third-order valence-electron chi connectivity index (χ3n) is 2.62. The summed E-state index contributed by atoms with van der Waals surface area (Å²) in [6.07, 6.45) is 1.85. The molecule has 0 saturated carbocycles. The lowest BCUT2D eigenvalue weighted by atomic mass is 9.96. The summed E-state index contributed by atoms with van der Waals surface area (Å²) in [5.41, 5.74) is 1.44. The smallest absolute Gasteiger partial charge is 0.0926 e. The van der Waals surface area contributed by atoms with Crippen LogP contribution < -0.4 is 0 Å². The molecule has 1 aromatic heterocycles. The van der Waals surface area contributed by atoms with Gasteiger partial charge in [-0.05, 0) is 18.3 Å². The van der Waals surface area contributed by atoms with E-state index in [4.69, 9.17) is 5.11 Å². The van der Waals surface area contributed by atoms with Crippen molar-refractivity contribution in [3.63, 3.8) is 0 Å². The Kier molecular flexibility index (Phi) is 6.26. The van der Waals surface area contributed by atoms with Crippen molar-refractivity contribution in [3.05, 3.63) is 16.1 Å². The van der Waals surface area contributed by atoms with Gasteiger partial charge in [0.25, 0.3) is 0 Å². The zero-order valence-corrected chi connectivity index (χ0v) is 12.9. The van der Waals surface area contributed by atoms with Crippen LogP contribution >= 0.6 is 11.3 Å². The van der Waals surface area contributed by atoms with E-state index in [0.717, 1.165) is 32.5 Å². The molecule has 1 N–H and O–H groups in total. The Bertz CT molecular complexity index is 344. The molecule has 104 valence electrons. The zero-order chi connectivity index (χ0) is 13.6. The van der Waals surface area contributed by atoms with Crippen LogP contribution in [0.4, 0.5) is 0 Å². The van der Waals surface area contributed by atoms with Crippen molar-refractivity contribution in [2.24, 2.45) is 5.41 Å². The Labute approximate surface area is 115 Å². The van der Waals surface area contributed by atoms with Gasteiger partial charge in [0.05, 0.1) is 10.7 Å². The van der Waals surface area contributed by atoms with Crippen LogP contribution in [0.3, 0.4) is 0 Å². The summed E-state index contributed by atoms with van der Waals surface area (Å²) >= 11 is 1.75. The SMILES string of the molecule is CCc1nc(CN(CCCO)CC(C)(C)C)cs1. The highest BCUT2D eigenvalue weighted by atomic mass is 32.1. The van der Waals surface area contributed by atoms with Crippen molar-refractivity contribution in [1.29, 1.82) is 0 Å². The van der Waals surface area contributed by atoms with E-state index in [-0.39, 0.29) is 12.0 Å². The Morgan fingerprint density at radius 3 is 2.61 bits per heavy atom. The number of nitrogens with zero attached hydrogens (tertiary/aromatic N) is 2. The monoisotopic (exact) mass is 270 g/mol. The molecule has 0 unspecified atom stereocenters. The first-order chi connectivity index (χ1) is 8.44. The van der Waals surface area contributed by atoms with Crippen LogP contribution in [0.2, 0.25) is 0 Å². The van der Waals surface area contributed by atoms with Crippen LogP contribution in [0.5, 0.6) is 0 Å². The normalized spacial score (nSPS) is 12.3. The fourth-order valence-corrected chi connectivity index (χ4v) is 2.73. The number of aryl methyl sites for hydroxylation is 1. The summed E-state index contributed by atoms with van der Waals surface area (Å²) in [6, 6.07) is 0. The number of hydrogen-bond donors (Lipinski definition) is 1. The van der Waals surface area contributed by atoms with Gasteiger partial charge in [-0.1, -0.05) is 27.7 Å². The molecule has 0 amide bonds. The van der Waals surface area contributed by atoms with Crippen LogP contribution in [-0.2, 0) is 13.0 Å². The predicted octanol–water partition coefficient (Wildman–Crippen LogP) is 2.94. The van der Waals surface area contributed by atoms with Gasteiger partial charge >= 0.3 is 0 Å². The van der Waals surface area contributed by atoms with Gasteiger partial charge in [0.15, 0.2) is 0 Å². The molecule has 0 bridgehead atoms. The summed E-state index contributed by atoms with van der Waals surface area (Å²) in [7, 11) is 0. The number of hydrogen-bond acceptors (Lipinski definition) is 4. The molecular weight excluding hydrogens is 244 g/mol. The molecular formula is C14H26N2OS. The average Bonchev–Trinajstić information content (AvgIpc) is 2.71. The number of aromatic nitrogens is 1. The molecule has 0 atom stereocenters. The van der Waals surface area contributed by atoms with Gasteiger partial charge in [0.2, 0.25) is 0 Å². The average molecular weight is 270 g/mol. The molecule has 0 spiro atoms. The molecule has 0 saturated heterocycles. The highest BCUT2D eigenvalue weighted by Crippen LogP contribution is 2.18. The second-order valence-electron chi connectivity index (χ2n) is 5.93. The Morgan fingerprint density at radius 1 is 1.39 bits per heavy atom. The number of aliphatic hydroxyl groups is 1. The third kappa shape index (κ3) is 5.94.